The van der Waals surface area contributed by atoms with Crippen molar-refractivity contribution in [2.45, 2.75) is 204 Å². The minimum Gasteiger partial charge on any atom is -0.389 e. The Morgan fingerprint density at radius 1 is 0.405 bits per heavy atom. The topological polar surface area (TPSA) is 133 Å². The van der Waals surface area contributed by atoms with Gasteiger partial charge in [0.25, 0.3) is 0 Å². The molecule has 0 rings (SSSR count). The fourth-order valence-corrected chi connectivity index (χ4v) is 5.44. The summed E-state index contributed by atoms with van der Waals surface area (Å²) in [6.45, 7) is 4.50. The molecule has 8 N–H and O–H groups in total. The number of aliphatic hydroxyl groups excluding tert-OH is 4. The summed E-state index contributed by atoms with van der Waals surface area (Å²) in [5.74, 6) is 0. The summed E-state index contributed by atoms with van der Waals surface area (Å²) in [6, 6.07) is -2.18. The van der Waals surface area contributed by atoms with E-state index in [9.17, 15) is 20.4 Å². The van der Waals surface area contributed by atoms with Gasteiger partial charge in [-0.25, -0.2) is 0 Å². The Bertz CT molecular complexity index is 563. The van der Waals surface area contributed by atoms with E-state index in [0.717, 1.165) is 25.7 Å². The van der Waals surface area contributed by atoms with E-state index in [-0.39, 0.29) is 0 Å². The van der Waals surface area contributed by atoms with Gasteiger partial charge in [-0.3, -0.25) is 0 Å². The molecule has 0 aliphatic rings. The van der Waals surface area contributed by atoms with Crippen LogP contribution >= 0.6 is 0 Å². The molecule has 6 nitrogen and oxygen atoms in total. The lowest BCUT2D eigenvalue weighted by atomic mass is 9.93. The Kier molecular flexibility index (Phi) is 29.7. The predicted octanol–water partition coefficient (Wildman–Crippen LogP) is 7.60. The molecule has 0 bridgehead atoms. The fourth-order valence-electron chi connectivity index (χ4n) is 5.44. The molecule has 0 aliphatic heterocycles. The molecule has 0 amide bonds. The number of aliphatic hydroxyl groups is 4. The minimum absolute atomic E-state index is 0.849. The lowest BCUT2D eigenvalue weighted by molar-refractivity contribution is -0.0452. The first kappa shape index (κ1) is 41.2. The maximum atomic E-state index is 10.5. The lowest BCUT2D eigenvalue weighted by Gasteiger charge is -2.31. The van der Waals surface area contributed by atoms with Crippen LogP contribution in [0.4, 0.5) is 0 Å². The highest BCUT2D eigenvalue weighted by Crippen LogP contribution is 2.15. The average molecular weight is 597 g/mol. The molecule has 6 heteroatoms. The predicted molar refractivity (Wildman–Crippen MR) is 180 cm³/mol. The first-order valence-corrected chi connectivity index (χ1v) is 17.9. The highest BCUT2D eigenvalue weighted by molar-refractivity contribution is 5.03. The molecule has 0 aromatic rings. The van der Waals surface area contributed by atoms with Crippen LogP contribution in [-0.2, 0) is 0 Å². The van der Waals surface area contributed by atoms with Gasteiger partial charge in [-0.2, -0.15) is 0 Å². The third-order valence-corrected chi connectivity index (χ3v) is 8.54. The van der Waals surface area contributed by atoms with Gasteiger partial charge in [0.05, 0.1) is 36.5 Å². The molecule has 0 aromatic heterocycles. The van der Waals surface area contributed by atoms with Gasteiger partial charge in [0.1, 0.15) is 0 Å². The number of hydrogen-bond donors (Lipinski definition) is 6. The second kappa shape index (κ2) is 30.3. The zero-order valence-corrected chi connectivity index (χ0v) is 27.7. The standard InChI is InChI=1S/C36H72N2O4/c1-3-5-7-9-11-13-15-17-19-21-23-25-27-29-31(39)33(37)35(41)36(42)34(38)32(40)30-28-26-24-22-20-18-16-14-12-10-8-6-4-2/h27-36,39-42H,3-26,37-38H2,1-2H3/b29-27+,30-28+/t31-,32-,33-,34-,35?,36?/m1/s1. The first-order chi connectivity index (χ1) is 20.4. The van der Waals surface area contributed by atoms with Crippen molar-refractivity contribution in [2.75, 3.05) is 0 Å². The summed E-state index contributed by atoms with van der Waals surface area (Å²) >= 11 is 0. The number of rotatable bonds is 31. The Labute approximate surface area is 260 Å². The molecule has 0 radical (unpaired) electrons. The van der Waals surface area contributed by atoms with Crippen LogP contribution < -0.4 is 11.5 Å². The summed E-state index contributed by atoms with van der Waals surface area (Å²) in [5.41, 5.74) is 12.0. The monoisotopic (exact) mass is 597 g/mol. The van der Waals surface area contributed by atoms with Gasteiger partial charge in [-0.05, 0) is 25.7 Å². The second-order valence-corrected chi connectivity index (χ2v) is 12.6. The normalized spacial score (nSPS) is 16.7. The van der Waals surface area contributed by atoms with Crippen molar-refractivity contribution in [3.63, 3.8) is 0 Å². The van der Waals surface area contributed by atoms with Crippen LogP contribution in [0, 0.1) is 0 Å². The fraction of sp³-hybridized carbons (Fsp3) is 0.889. The second-order valence-electron chi connectivity index (χ2n) is 12.6. The number of unbranched alkanes of at least 4 members (excludes halogenated alkanes) is 22. The van der Waals surface area contributed by atoms with Gasteiger partial charge < -0.3 is 31.9 Å². The van der Waals surface area contributed by atoms with Gasteiger partial charge in [0.2, 0.25) is 0 Å². The molecule has 0 aromatic carbocycles. The SMILES string of the molecule is CCCCCCCCCCCCC/C=C/[C@@H](O)[C@@H](N)C(O)C(O)[C@H](N)[C@H](O)/C=C/CCCCCCCCCCCCC. The van der Waals surface area contributed by atoms with Crippen molar-refractivity contribution in [3.8, 4) is 0 Å². The maximum Gasteiger partial charge on any atom is 0.0994 e. The van der Waals surface area contributed by atoms with Crippen molar-refractivity contribution < 1.29 is 20.4 Å². The van der Waals surface area contributed by atoms with E-state index in [1.165, 1.54) is 128 Å². The molecule has 0 heterocycles. The Morgan fingerprint density at radius 3 is 0.905 bits per heavy atom. The van der Waals surface area contributed by atoms with E-state index in [2.05, 4.69) is 13.8 Å². The van der Waals surface area contributed by atoms with Crippen LogP contribution in [0.3, 0.4) is 0 Å². The van der Waals surface area contributed by atoms with Gasteiger partial charge in [-0.1, -0.05) is 167 Å². The smallest absolute Gasteiger partial charge is 0.0994 e. The van der Waals surface area contributed by atoms with E-state index in [1.807, 2.05) is 12.2 Å². The molecule has 0 fully saturated rings. The summed E-state index contributed by atoms with van der Waals surface area (Å²) in [7, 11) is 0. The third-order valence-electron chi connectivity index (χ3n) is 8.54. The van der Waals surface area contributed by atoms with Gasteiger partial charge in [-0.15, -0.1) is 0 Å². The summed E-state index contributed by atoms with van der Waals surface area (Å²) in [4.78, 5) is 0. The van der Waals surface area contributed by atoms with Crippen LogP contribution in [0.15, 0.2) is 24.3 Å². The minimum atomic E-state index is -1.45. The zero-order valence-electron chi connectivity index (χ0n) is 27.7. The van der Waals surface area contributed by atoms with E-state index >= 15 is 0 Å². The van der Waals surface area contributed by atoms with Crippen LogP contribution in [0.25, 0.3) is 0 Å². The number of nitrogens with two attached hydrogens (primary N) is 2. The zero-order chi connectivity index (χ0) is 31.3. The molecule has 2 unspecified atom stereocenters. The molecular weight excluding hydrogens is 524 g/mol. The molecule has 250 valence electrons. The Hall–Kier alpha value is -0.760. The van der Waals surface area contributed by atoms with Crippen molar-refractivity contribution in [1.82, 2.24) is 0 Å². The van der Waals surface area contributed by atoms with E-state index in [0.29, 0.717) is 0 Å². The van der Waals surface area contributed by atoms with Gasteiger partial charge >= 0.3 is 0 Å². The molecular formula is C36H72N2O4. The quantitative estimate of drug-likeness (QED) is 0.0361. The molecule has 42 heavy (non-hydrogen) atoms. The van der Waals surface area contributed by atoms with Crippen molar-refractivity contribution in [1.29, 1.82) is 0 Å². The van der Waals surface area contributed by atoms with Crippen molar-refractivity contribution in [3.05, 3.63) is 24.3 Å². The van der Waals surface area contributed by atoms with E-state index in [1.54, 1.807) is 12.2 Å². The van der Waals surface area contributed by atoms with E-state index < -0.39 is 36.5 Å². The largest absolute Gasteiger partial charge is 0.389 e. The van der Waals surface area contributed by atoms with Gasteiger partial charge in [0.15, 0.2) is 0 Å². The van der Waals surface area contributed by atoms with Crippen molar-refractivity contribution in [2.24, 2.45) is 11.5 Å². The molecule has 0 aliphatic carbocycles. The van der Waals surface area contributed by atoms with Crippen molar-refractivity contribution >= 4 is 0 Å². The van der Waals surface area contributed by atoms with Crippen LogP contribution in [0.5, 0.6) is 0 Å². The maximum absolute atomic E-state index is 10.5. The molecule has 0 saturated heterocycles. The average Bonchev–Trinajstić information content (AvgIpc) is 2.99. The Balaban J connectivity index is 3.98. The first-order valence-electron chi connectivity index (χ1n) is 17.9. The number of hydrogen-bond acceptors (Lipinski definition) is 6. The van der Waals surface area contributed by atoms with Gasteiger partial charge in [0, 0.05) is 0 Å². The highest BCUT2D eigenvalue weighted by atomic mass is 16.3. The summed E-state index contributed by atoms with van der Waals surface area (Å²) in [5, 5.41) is 41.7. The molecule has 0 saturated carbocycles. The van der Waals surface area contributed by atoms with Crippen LogP contribution in [0.1, 0.15) is 168 Å². The van der Waals surface area contributed by atoms with Crippen LogP contribution in [0.2, 0.25) is 0 Å². The summed E-state index contributed by atoms with van der Waals surface area (Å²) in [6.07, 6.45) is 32.0. The summed E-state index contributed by atoms with van der Waals surface area (Å²) < 4.78 is 0. The van der Waals surface area contributed by atoms with Crippen LogP contribution in [-0.4, -0.2) is 56.9 Å². The number of allylic oxidation sites excluding steroid dienone is 2. The molecule has 6 atom stereocenters. The Morgan fingerprint density at radius 2 is 0.643 bits per heavy atom. The lowest BCUT2D eigenvalue weighted by Crippen LogP contribution is -2.57. The van der Waals surface area contributed by atoms with E-state index in [4.69, 9.17) is 11.5 Å². The molecule has 0 spiro atoms. The highest BCUT2D eigenvalue weighted by Gasteiger charge is 2.33. The third kappa shape index (κ3) is 23.7.